The van der Waals surface area contributed by atoms with Crippen molar-refractivity contribution in [1.29, 1.82) is 0 Å². The average molecular weight is 570 g/mol. The Morgan fingerprint density at radius 1 is 1.02 bits per heavy atom. The van der Waals surface area contributed by atoms with Crippen LogP contribution >= 0.6 is 0 Å². The van der Waals surface area contributed by atoms with Gasteiger partial charge in [0, 0.05) is 50.3 Å². The van der Waals surface area contributed by atoms with Crippen molar-refractivity contribution in [3.05, 3.63) is 90.1 Å². The van der Waals surface area contributed by atoms with Gasteiger partial charge in [0.25, 0.3) is 0 Å². The minimum absolute atomic E-state index is 0.123. The Balaban J connectivity index is 1.17. The van der Waals surface area contributed by atoms with Crippen LogP contribution in [0.5, 0.6) is 11.5 Å². The molecule has 0 spiro atoms. The molecule has 1 saturated heterocycles. The zero-order chi connectivity index (χ0) is 28.9. The number of rotatable bonds is 8. The lowest BCUT2D eigenvalue weighted by molar-refractivity contribution is -0.126. The highest BCUT2D eigenvalue weighted by Gasteiger charge is 2.37. The highest BCUT2D eigenvalue weighted by molar-refractivity contribution is 5.86. The van der Waals surface area contributed by atoms with Crippen LogP contribution in [0.15, 0.2) is 73.3 Å². The van der Waals surface area contributed by atoms with Crippen LogP contribution in [-0.2, 0) is 22.6 Å². The van der Waals surface area contributed by atoms with E-state index in [1.54, 1.807) is 23.3 Å². The maximum absolute atomic E-state index is 13.6. The van der Waals surface area contributed by atoms with E-state index in [0.717, 1.165) is 16.8 Å². The second-order valence-corrected chi connectivity index (χ2v) is 10.1. The van der Waals surface area contributed by atoms with Gasteiger partial charge in [0.1, 0.15) is 24.8 Å². The third-order valence-corrected chi connectivity index (χ3v) is 7.16. The first kappa shape index (κ1) is 27.1. The fourth-order valence-electron chi connectivity index (χ4n) is 4.97. The Labute approximate surface area is 242 Å². The molecule has 12 nitrogen and oxygen atoms in total. The van der Waals surface area contributed by atoms with Gasteiger partial charge in [0.15, 0.2) is 11.5 Å². The summed E-state index contributed by atoms with van der Waals surface area (Å²) in [6, 6.07) is 16.3. The number of amides is 2. The number of aryl methyl sites for hydroxylation is 1. The predicted molar refractivity (Wildman–Crippen MR) is 153 cm³/mol. The van der Waals surface area contributed by atoms with E-state index in [4.69, 9.17) is 19.2 Å². The number of hydrogen-bond acceptors (Lipinski definition) is 9. The van der Waals surface area contributed by atoms with Gasteiger partial charge in [0.2, 0.25) is 18.6 Å². The molecule has 0 saturated carbocycles. The van der Waals surface area contributed by atoms with E-state index >= 15 is 0 Å². The van der Waals surface area contributed by atoms with Gasteiger partial charge in [0.05, 0.1) is 0 Å². The summed E-state index contributed by atoms with van der Waals surface area (Å²) in [4.78, 5) is 43.6. The number of fused-ring (bicyclic) bond motifs is 1. The van der Waals surface area contributed by atoms with E-state index in [1.807, 2.05) is 66.4 Å². The van der Waals surface area contributed by atoms with Crippen molar-refractivity contribution in [2.75, 3.05) is 37.9 Å². The summed E-state index contributed by atoms with van der Waals surface area (Å²) in [7, 11) is 0. The third kappa shape index (κ3) is 6.12. The van der Waals surface area contributed by atoms with Gasteiger partial charge in [-0.25, -0.2) is 14.8 Å². The lowest BCUT2D eigenvalue weighted by Gasteiger charge is -2.40. The van der Waals surface area contributed by atoms with Crippen molar-refractivity contribution in [3.8, 4) is 17.4 Å². The Bertz CT molecular complexity index is 1550. The number of piperazine rings is 1. The Hall–Kier alpha value is -5.13. The summed E-state index contributed by atoms with van der Waals surface area (Å²) in [5.41, 5.74) is 2.66. The van der Waals surface area contributed by atoms with Crippen LogP contribution < -0.4 is 19.7 Å². The molecule has 1 unspecified atom stereocenters. The number of benzene rings is 2. The van der Waals surface area contributed by atoms with Crippen LogP contribution in [0.2, 0.25) is 0 Å². The number of carbonyl (C=O) groups excluding carboxylic acids is 2. The molecular formula is C30H31N7O5. The van der Waals surface area contributed by atoms with Gasteiger partial charge in [-0.15, -0.1) is 0 Å². The molecule has 2 aliphatic rings. The zero-order valence-electron chi connectivity index (χ0n) is 23.2. The minimum atomic E-state index is -0.786. The molecule has 1 atom stereocenters. The Morgan fingerprint density at radius 2 is 1.88 bits per heavy atom. The van der Waals surface area contributed by atoms with Crippen LogP contribution in [-0.4, -0.2) is 75.4 Å². The standard InChI is InChI=1S/C30H31N7O5/c1-21-15-27(34-29(33-21)36-12-11-31-19-36)35-13-14-37(30(39)40-18-23-5-3-2-4-6-23)24(17-35)28(38)32-10-9-22-7-8-25-26(16-22)42-20-41-25/h2-8,11-12,15-16,19,24H,9-10,13-14,17-18,20H2,1H3,(H,32,38). The fraction of sp³-hybridized carbons (Fsp3) is 0.300. The molecule has 42 heavy (non-hydrogen) atoms. The number of hydrogen-bond donors (Lipinski definition) is 1. The maximum atomic E-state index is 13.6. The molecule has 6 rings (SSSR count). The van der Waals surface area contributed by atoms with E-state index < -0.39 is 12.1 Å². The summed E-state index contributed by atoms with van der Waals surface area (Å²) in [6.07, 6.45) is 5.13. The molecule has 2 aliphatic heterocycles. The van der Waals surface area contributed by atoms with Crippen molar-refractivity contribution in [2.45, 2.75) is 26.0 Å². The Morgan fingerprint density at radius 3 is 2.71 bits per heavy atom. The number of nitrogens with zero attached hydrogens (tertiary/aromatic N) is 6. The molecule has 1 N–H and O–H groups in total. The summed E-state index contributed by atoms with van der Waals surface area (Å²) in [6.45, 7) is 3.62. The molecule has 1 fully saturated rings. The first-order chi connectivity index (χ1) is 20.5. The summed E-state index contributed by atoms with van der Waals surface area (Å²) in [5, 5.41) is 3.01. The molecule has 216 valence electrons. The first-order valence-corrected chi connectivity index (χ1v) is 13.8. The summed E-state index contributed by atoms with van der Waals surface area (Å²) >= 11 is 0. The Kier molecular flexibility index (Phi) is 7.84. The molecule has 2 aromatic heterocycles. The van der Waals surface area contributed by atoms with Crippen LogP contribution in [0.25, 0.3) is 5.95 Å². The smallest absolute Gasteiger partial charge is 0.410 e. The number of aromatic nitrogens is 4. The summed E-state index contributed by atoms with van der Waals surface area (Å²) in [5.74, 6) is 2.30. The van der Waals surface area contributed by atoms with Crippen LogP contribution in [0.4, 0.5) is 10.6 Å². The molecule has 0 bridgehead atoms. The number of carbonyl (C=O) groups is 2. The number of ether oxygens (including phenoxy) is 3. The predicted octanol–water partition coefficient (Wildman–Crippen LogP) is 2.89. The monoisotopic (exact) mass is 569 g/mol. The highest BCUT2D eigenvalue weighted by Crippen LogP contribution is 2.32. The SMILES string of the molecule is Cc1cc(N2CCN(C(=O)OCc3ccccc3)C(C(=O)NCCc3ccc4c(c3)OCO4)C2)nc(-n2ccnc2)n1. The van der Waals surface area contributed by atoms with E-state index in [0.29, 0.717) is 42.8 Å². The van der Waals surface area contributed by atoms with Gasteiger partial charge < -0.3 is 24.4 Å². The normalized spacial score (nSPS) is 15.9. The number of nitrogens with one attached hydrogen (secondary N) is 1. The number of anilines is 1. The third-order valence-electron chi connectivity index (χ3n) is 7.16. The van der Waals surface area contributed by atoms with Crippen molar-refractivity contribution in [2.24, 2.45) is 0 Å². The van der Waals surface area contributed by atoms with E-state index in [2.05, 4.69) is 15.3 Å². The van der Waals surface area contributed by atoms with Gasteiger partial charge in [-0.05, 0) is 36.6 Å². The fourth-order valence-corrected chi connectivity index (χ4v) is 4.97. The van der Waals surface area contributed by atoms with Crippen LogP contribution in [0.3, 0.4) is 0 Å². The second kappa shape index (κ2) is 12.2. The maximum Gasteiger partial charge on any atom is 0.410 e. The van der Waals surface area contributed by atoms with E-state index in [9.17, 15) is 9.59 Å². The quantitative estimate of drug-likeness (QED) is 0.341. The van der Waals surface area contributed by atoms with Crippen molar-refractivity contribution >= 4 is 17.8 Å². The highest BCUT2D eigenvalue weighted by atomic mass is 16.7. The average Bonchev–Trinajstić information content (AvgIpc) is 3.72. The molecule has 2 aromatic carbocycles. The topological polar surface area (TPSA) is 124 Å². The molecule has 12 heteroatoms. The largest absolute Gasteiger partial charge is 0.454 e. The molecule has 4 heterocycles. The van der Waals surface area contributed by atoms with Crippen molar-refractivity contribution in [3.63, 3.8) is 0 Å². The zero-order valence-corrected chi connectivity index (χ0v) is 23.2. The molecule has 0 aliphatic carbocycles. The first-order valence-electron chi connectivity index (χ1n) is 13.8. The second-order valence-electron chi connectivity index (χ2n) is 10.1. The molecule has 4 aromatic rings. The molecule has 2 amide bonds. The molecular weight excluding hydrogens is 538 g/mol. The van der Waals surface area contributed by atoms with Crippen LogP contribution in [0, 0.1) is 6.92 Å². The summed E-state index contributed by atoms with van der Waals surface area (Å²) < 4.78 is 18.2. The lowest BCUT2D eigenvalue weighted by Crippen LogP contribution is -2.61. The minimum Gasteiger partial charge on any atom is -0.454 e. The number of imidazole rings is 1. The van der Waals surface area contributed by atoms with Gasteiger partial charge >= 0.3 is 6.09 Å². The van der Waals surface area contributed by atoms with Gasteiger partial charge in [-0.1, -0.05) is 36.4 Å². The van der Waals surface area contributed by atoms with E-state index in [-0.39, 0.29) is 32.4 Å². The van der Waals surface area contributed by atoms with Crippen molar-refractivity contribution in [1.82, 2.24) is 29.7 Å². The van der Waals surface area contributed by atoms with Gasteiger partial charge in [-0.2, -0.15) is 4.98 Å². The molecule has 0 radical (unpaired) electrons. The van der Waals surface area contributed by atoms with E-state index in [1.165, 1.54) is 4.90 Å². The van der Waals surface area contributed by atoms with Gasteiger partial charge in [-0.3, -0.25) is 14.3 Å². The van der Waals surface area contributed by atoms with Crippen molar-refractivity contribution < 1.29 is 23.8 Å². The van der Waals surface area contributed by atoms with Crippen LogP contribution in [0.1, 0.15) is 16.8 Å². The lowest BCUT2D eigenvalue weighted by atomic mass is 10.1.